The third-order valence-electron chi connectivity index (χ3n) is 0.750. The van der Waals surface area contributed by atoms with Gasteiger partial charge in [-0.15, -0.1) is 0 Å². The first-order valence-corrected chi connectivity index (χ1v) is 4.50. The molecule has 0 aliphatic carbocycles. The van der Waals surface area contributed by atoms with Crippen LogP contribution in [-0.4, -0.2) is 9.52 Å². The topological polar surface area (TPSA) is 0 Å². The second kappa shape index (κ2) is 2.45. The second-order valence-corrected chi connectivity index (χ2v) is 7.88. The van der Waals surface area contributed by atoms with Gasteiger partial charge in [0.05, 0.1) is 9.52 Å². The Hall–Kier alpha value is 0.217. The van der Waals surface area contributed by atoms with Gasteiger partial charge < -0.3 is 0 Å². The lowest BCUT2D eigenvalue weighted by molar-refractivity contribution is 0.668. The summed E-state index contributed by atoms with van der Waals surface area (Å²) >= 11 is 0. The molecule has 0 amide bonds. The minimum Gasteiger partial charge on any atom is -0.0630 e. The molecular weight excluding hydrogens is 124 g/mol. The van der Waals surface area contributed by atoms with Gasteiger partial charge in [0.15, 0.2) is 0 Å². The summed E-state index contributed by atoms with van der Waals surface area (Å²) in [6, 6.07) is 0. The summed E-state index contributed by atoms with van der Waals surface area (Å²) in [7, 11) is 1.05. The molecule has 9 heavy (non-hydrogen) atoms. The van der Waals surface area contributed by atoms with E-state index in [2.05, 4.69) is 41.5 Å². The Labute approximate surface area is 61.9 Å². The fraction of sp³-hybridized carbons (Fsp3) is 1.00. The van der Waals surface area contributed by atoms with Gasteiger partial charge in [0.1, 0.15) is 0 Å². The Morgan fingerprint density at radius 3 is 0.889 bits per heavy atom. The first-order chi connectivity index (χ1) is 3.71. The van der Waals surface area contributed by atoms with Crippen LogP contribution in [0.1, 0.15) is 41.5 Å². The monoisotopic (exact) mass is 142 g/mol. The minimum absolute atomic E-state index is 0.512. The van der Waals surface area contributed by atoms with Crippen molar-refractivity contribution in [1.29, 1.82) is 0 Å². The van der Waals surface area contributed by atoms with E-state index in [4.69, 9.17) is 0 Å². The van der Waals surface area contributed by atoms with Gasteiger partial charge in [0.25, 0.3) is 0 Å². The van der Waals surface area contributed by atoms with Crippen molar-refractivity contribution in [2.75, 3.05) is 0 Å². The lowest BCUT2D eigenvalue weighted by atomic mass is 10.2. The fourth-order valence-corrected chi connectivity index (χ4v) is 3.38. The zero-order valence-corrected chi connectivity index (χ0v) is 8.50. The minimum atomic E-state index is 0.512. The highest BCUT2D eigenvalue weighted by atomic mass is 28.2. The van der Waals surface area contributed by atoms with Crippen molar-refractivity contribution in [3.63, 3.8) is 0 Å². The average molecular weight is 142 g/mol. The third kappa shape index (κ3) is 8.22. The summed E-state index contributed by atoms with van der Waals surface area (Å²) in [6.45, 7) is 13.8. The van der Waals surface area contributed by atoms with Crippen LogP contribution in [0.2, 0.25) is 10.1 Å². The summed E-state index contributed by atoms with van der Waals surface area (Å²) in [5, 5.41) is 1.02. The van der Waals surface area contributed by atoms with Gasteiger partial charge >= 0.3 is 0 Å². The molecule has 0 bridgehead atoms. The summed E-state index contributed by atoms with van der Waals surface area (Å²) in [5.74, 6) is 0. The van der Waals surface area contributed by atoms with Crippen molar-refractivity contribution < 1.29 is 0 Å². The van der Waals surface area contributed by atoms with Crippen LogP contribution in [0.25, 0.3) is 0 Å². The summed E-state index contributed by atoms with van der Waals surface area (Å²) in [4.78, 5) is 0. The van der Waals surface area contributed by atoms with Crippen molar-refractivity contribution >= 4 is 9.52 Å². The fourth-order valence-electron chi connectivity index (χ4n) is 1.12. The van der Waals surface area contributed by atoms with Crippen LogP contribution in [0.15, 0.2) is 0 Å². The zero-order valence-electron chi connectivity index (χ0n) is 7.50. The molecule has 0 saturated carbocycles. The molecule has 0 N–H and O–H groups in total. The largest absolute Gasteiger partial charge is 0.0630 e. The maximum Gasteiger partial charge on any atom is 0.0511 e. The maximum absolute atomic E-state index is 2.30. The normalized spacial score (nSPS) is 14.0. The molecule has 0 unspecified atom stereocenters. The van der Waals surface area contributed by atoms with E-state index in [0.29, 0.717) is 10.1 Å². The summed E-state index contributed by atoms with van der Waals surface area (Å²) in [5.41, 5.74) is 0. The van der Waals surface area contributed by atoms with Crippen LogP contribution in [0.3, 0.4) is 0 Å². The number of hydrogen-bond donors (Lipinski definition) is 0. The first kappa shape index (κ1) is 9.22. The predicted molar refractivity (Wildman–Crippen MR) is 45.2 cm³/mol. The molecule has 0 saturated heterocycles. The van der Waals surface area contributed by atoms with E-state index in [1.807, 2.05) is 0 Å². The maximum atomic E-state index is 2.30. The molecule has 54 valence electrons. The van der Waals surface area contributed by atoms with Crippen molar-refractivity contribution in [3.05, 3.63) is 0 Å². The Kier molecular flexibility index (Phi) is 2.51. The van der Waals surface area contributed by atoms with E-state index in [0.717, 1.165) is 9.52 Å². The standard InChI is InChI=1S/C8H18Si/c1-7(2,3)9-8(4,5)6/h1-6H3. The summed E-state index contributed by atoms with van der Waals surface area (Å²) < 4.78 is 0. The highest BCUT2D eigenvalue weighted by Crippen LogP contribution is 2.33. The molecule has 0 heterocycles. The van der Waals surface area contributed by atoms with Crippen LogP contribution in [0.4, 0.5) is 0 Å². The van der Waals surface area contributed by atoms with E-state index in [1.165, 1.54) is 0 Å². The van der Waals surface area contributed by atoms with Gasteiger partial charge in [-0.25, -0.2) is 0 Å². The zero-order chi connectivity index (χ0) is 7.71. The molecule has 0 aliphatic rings. The Bertz CT molecular complexity index is 69.7. The molecule has 2 radical (unpaired) electrons. The van der Waals surface area contributed by atoms with Crippen LogP contribution in [-0.2, 0) is 0 Å². The molecule has 0 nitrogen and oxygen atoms in total. The van der Waals surface area contributed by atoms with E-state index in [1.54, 1.807) is 0 Å². The molecule has 0 aromatic carbocycles. The smallest absolute Gasteiger partial charge is 0.0511 e. The van der Waals surface area contributed by atoms with Gasteiger partial charge in [0, 0.05) is 0 Å². The van der Waals surface area contributed by atoms with Crippen LogP contribution < -0.4 is 0 Å². The molecule has 0 fully saturated rings. The average Bonchev–Trinajstić information content (AvgIpc) is 1.14. The molecule has 0 spiro atoms. The molecule has 0 atom stereocenters. The molecular formula is C8H18Si. The number of hydrogen-bond acceptors (Lipinski definition) is 0. The van der Waals surface area contributed by atoms with E-state index >= 15 is 0 Å². The van der Waals surface area contributed by atoms with Gasteiger partial charge in [-0.3, -0.25) is 0 Å². The van der Waals surface area contributed by atoms with Gasteiger partial charge in [0.2, 0.25) is 0 Å². The lowest BCUT2D eigenvalue weighted by Crippen LogP contribution is -2.18. The quantitative estimate of drug-likeness (QED) is 0.456. The van der Waals surface area contributed by atoms with Gasteiger partial charge in [-0.1, -0.05) is 41.5 Å². The highest BCUT2D eigenvalue weighted by molar-refractivity contribution is 6.43. The van der Waals surface area contributed by atoms with Crippen LogP contribution >= 0.6 is 0 Å². The van der Waals surface area contributed by atoms with Crippen molar-refractivity contribution in [2.45, 2.75) is 51.6 Å². The SMILES string of the molecule is CC(C)(C)[Si]C(C)(C)C. The summed E-state index contributed by atoms with van der Waals surface area (Å²) in [6.07, 6.45) is 0. The van der Waals surface area contributed by atoms with E-state index in [9.17, 15) is 0 Å². The van der Waals surface area contributed by atoms with E-state index in [-0.39, 0.29) is 0 Å². The van der Waals surface area contributed by atoms with Crippen LogP contribution in [0, 0.1) is 0 Å². The molecule has 0 aromatic heterocycles. The Balaban J connectivity index is 3.75. The molecule has 0 rings (SSSR count). The predicted octanol–water partition coefficient (Wildman–Crippen LogP) is 3.13. The Morgan fingerprint density at radius 2 is 0.889 bits per heavy atom. The van der Waals surface area contributed by atoms with Gasteiger partial charge in [-0.05, 0) is 10.1 Å². The van der Waals surface area contributed by atoms with Gasteiger partial charge in [-0.2, -0.15) is 0 Å². The number of rotatable bonds is 0. The first-order valence-electron chi connectivity index (χ1n) is 3.50. The van der Waals surface area contributed by atoms with Crippen molar-refractivity contribution in [1.82, 2.24) is 0 Å². The molecule has 0 aliphatic heterocycles. The Morgan fingerprint density at radius 1 is 0.667 bits per heavy atom. The second-order valence-electron chi connectivity index (χ2n) is 4.62. The van der Waals surface area contributed by atoms with Crippen molar-refractivity contribution in [3.8, 4) is 0 Å². The highest BCUT2D eigenvalue weighted by Gasteiger charge is 2.21. The lowest BCUT2D eigenvalue weighted by Gasteiger charge is -2.27. The van der Waals surface area contributed by atoms with Crippen LogP contribution in [0.5, 0.6) is 0 Å². The third-order valence-corrected chi connectivity index (χ3v) is 2.25. The molecule has 1 heteroatoms. The van der Waals surface area contributed by atoms with E-state index < -0.39 is 0 Å². The molecule has 0 aromatic rings. The van der Waals surface area contributed by atoms with Crippen molar-refractivity contribution in [2.24, 2.45) is 0 Å².